The van der Waals surface area contributed by atoms with Crippen LogP contribution in [0.1, 0.15) is 30.9 Å². The molecule has 5 nitrogen and oxygen atoms in total. The third kappa shape index (κ3) is 5.43. The minimum absolute atomic E-state index is 0.218. The molecule has 0 fully saturated rings. The molecule has 2 aromatic carbocycles. The number of benzene rings is 2. The Labute approximate surface area is 154 Å². The predicted octanol–water partition coefficient (Wildman–Crippen LogP) is 2.88. The van der Waals surface area contributed by atoms with Crippen LogP contribution in [0.25, 0.3) is 0 Å². The number of hydrogen-bond donors (Lipinski definition) is 3. The Morgan fingerprint density at radius 1 is 0.885 bits per heavy atom. The maximum Gasteiger partial charge on any atom is 0.259 e. The van der Waals surface area contributed by atoms with E-state index in [0.29, 0.717) is 6.54 Å². The van der Waals surface area contributed by atoms with Gasteiger partial charge in [-0.2, -0.15) is 0 Å². The molecule has 2 aromatic rings. The molecule has 0 aliphatic carbocycles. The minimum Gasteiger partial charge on any atom is -0.355 e. The van der Waals surface area contributed by atoms with Gasteiger partial charge in [0.05, 0.1) is 0 Å². The Bertz CT molecular complexity index is 704. The molecule has 0 bridgehead atoms. The van der Waals surface area contributed by atoms with Gasteiger partial charge >= 0.3 is 0 Å². The molecule has 0 aromatic heterocycles. The van der Waals surface area contributed by atoms with E-state index in [0.717, 1.165) is 24.8 Å². The number of carbonyl (C=O) groups is 2. The molecular weight excluding hydrogens is 328 g/mol. The lowest BCUT2D eigenvalue weighted by Crippen LogP contribution is -2.50. The van der Waals surface area contributed by atoms with Gasteiger partial charge in [0.25, 0.3) is 5.91 Å². The summed E-state index contributed by atoms with van der Waals surface area (Å²) in [6.07, 6.45) is 2.94. The molecule has 0 saturated heterocycles. The summed E-state index contributed by atoms with van der Waals surface area (Å²) in [7, 11) is 0. The summed E-state index contributed by atoms with van der Waals surface area (Å²) < 4.78 is 0. The second-order valence-electron chi connectivity index (χ2n) is 6.63. The van der Waals surface area contributed by atoms with E-state index in [1.807, 2.05) is 48.5 Å². The smallest absolute Gasteiger partial charge is 0.259 e. The summed E-state index contributed by atoms with van der Waals surface area (Å²) in [6.45, 7) is 2.04. The average Bonchev–Trinajstić information content (AvgIpc) is 2.68. The summed E-state index contributed by atoms with van der Waals surface area (Å²) in [5.74, 6) is -1.09. The molecule has 0 radical (unpaired) electrons. The minimum atomic E-state index is -1.37. The molecule has 2 amide bonds. The highest BCUT2D eigenvalue weighted by Gasteiger charge is 2.41. The first-order valence-corrected chi connectivity index (χ1v) is 8.87. The second kappa shape index (κ2) is 9.73. The molecule has 0 aliphatic heterocycles. The van der Waals surface area contributed by atoms with Crippen molar-refractivity contribution >= 4 is 11.8 Å². The van der Waals surface area contributed by atoms with E-state index < -0.39 is 11.3 Å². The summed E-state index contributed by atoms with van der Waals surface area (Å²) >= 11 is 0. The van der Waals surface area contributed by atoms with Gasteiger partial charge in [0.1, 0.15) is 5.41 Å². The topological polar surface area (TPSA) is 78.4 Å². The van der Waals surface area contributed by atoms with E-state index in [9.17, 15) is 9.59 Å². The Morgan fingerprint density at radius 3 is 2.04 bits per heavy atom. The zero-order chi connectivity index (χ0) is 18.8. The number of hydroxylamine groups is 1. The molecule has 5 heteroatoms. The zero-order valence-corrected chi connectivity index (χ0v) is 15.1. The number of aryl methyl sites for hydroxylation is 1. The van der Waals surface area contributed by atoms with E-state index in [1.54, 1.807) is 12.4 Å². The highest BCUT2D eigenvalue weighted by atomic mass is 16.5. The maximum absolute atomic E-state index is 12.6. The lowest BCUT2D eigenvalue weighted by molar-refractivity contribution is -0.148. The lowest BCUT2D eigenvalue weighted by atomic mass is 9.81. The Balaban J connectivity index is 1.87. The van der Waals surface area contributed by atoms with E-state index >= 15 is 0 Å². The van der Waals surface area contributed by atoms with Crippen LogP contribution >= 0.6 is 0 Å². The van der Waals surface area contributed by atoms with Crippen LogP contribution < -0.4 is 10.8 Å². The molecule has 1 atom stereocenters. The Kier molecular flexibility index (Phi) is 7.36. The number of carbonyl (C=O) groups excluding carboxylic acids is 2. The van der Waals surface area contributed by atoms with Gasteiger partial charge < -0.3 is 5.32 Å². The Morgan fingerprint density at radius 2 is 1.46 bits per heavy atom. The van der Waals surface area contributed by atoms with Gasteiger partial charge in [-0.05, 0) is 43.7 Å². The van der Waals surface area contributed by atoms with Crippen LogP contribution in [0.4, 0.5) is 0 Å². The van der Waals surface area contributed by atoms with Gasteiger partial charge in [-0.3, -0.25) is 14.8 Å². The van der Waals surface area contributed by atoms with E-state index in [1.165, 1.54) is 5.56 Å². The SMILES string of the molecule is C[C@@](Cc1ccccc1)(C(=O)NO)C(=O)NCCCCc1ccccc1. The van der Waals surface area contributed by atoms with E-state index in [-0.39, 0.29) is 12.3 Å². The fourth-order valence-corrected chi connectivity index (χ4v) is 2.89. The molecule has 0 unspecified atom stereocenters. The quantitative estimate of drug-likeness (QED) is 0.280. The van der Waals surface area contributed by atoms with Gasteiger partial charge in [0, 0.05) is 6.54 Å². The van der Waals surface area contributed by atoms with Crippen LogP contribution in [0.5, 0.6) is 0 Å². The van der Waals surface area contributed by atoms with Crippen molar-refractivity contribution in [1.82, 2.24) is 10.8 Å². The molecule has 0 saturated carbocycles. The third-order valence-corrected chi connectivity index (χ3v) is 4.52. The zero-order valence-electron chi connectivity index (χ0n) is 15.1. The number of unbranched alkanes of at least 4 members (excludes halogenated alkanes) is 1. The molecule has 0 heterocycles. The fraction of sp³-hybridized carbons (Fsp3) is 0.333. The summed E-state index contributed by atoms with van der Waals surface area (Å²) in [5, 5.41) is 11.9. The van der Waals surface area contributed by atoms with Crippen molar-refractivity contribution in [3.63, 3.8) is 0 Å². The number of rotatable bonds is 9. The van der Waals surface area contributed by atoms with Gasteiger partial charge in [0.2, 0.25) is 5.91 Å². The lowest BCUT2D eigenvalue weighted by Gasteiger charge is -2.26. The molecule has 2 rings (SSSR count). The number of nitrogens with one attached hydrogen (secondary N) is 2. The van der Waals surface area contributed by atoms with Crippen LogP contribution in [-0.2, 0) is 22.4 Å². The van der Waals surface area contributed by atoms with Crippen molar-refractivity contribution in [2.24, 2.45) is 5.41 Å². The normalized spacial score (nSPS) is 12.8. The van der Waals surface area contributed by atoms with Crippen LogP contribution in [-0.4, -0.2) is 23.6 Å². The first-order valence-electron chi connectivity index (χ1n) is 8.87. The standard InChI is InChI=1S/C21H26N2O3/c1-21(20(25)23-26,16-18-13-6-3-7-14-18)19(24)22-15-9-8-12-17-10-4-2-5-11-17/h2-7,10-11,13-14,26H,8-9,12,15-16H2,1H3,(H,22,24)(H,23,25)/t21-/m0/s1. The number of hydrogen-bond acceptors (Lipinski definition) is 3. The van der Waals surface area contributed by atoms with E-state index in [4.69, 9.17) is 5.21 Å². The van der Waals surface area contributed by atoms with Crippen molar-refractivity contribution in [2.45, 2.75) is 32.6 Å². The van der Waals surface area contributed by atoms with Crippen molar-refractivity contribution in [3.05, 3.63) is 71.8 Å². The fourth-order valence-electron chi connectivity index (χ4n) is 2.89. The first kappa shape index (κ1) is 19.7. The van der Waals surface area contributed by atoms with Crippen molar-refractivity contribution < 1.29 is 14.8 Å². The molecular formula is C21H26N2O3. The van der Waals surface area contributed by atoms with Gasteiger partial charge in [-0.1, -0.05) is 60.7 Å². The molecule has 26 heavy (non-hydrogen) atoms. The largest absolute Gasteiger partial charge is 0.355 e. The van der Waals surface area contributed by atoms with Crippen LogP contribution in [0, 0.1) is 5.41 Å². The number of amides is 2. The monoisotopic (exact) mass is 354 g/mol. The highest BCUT2D eigenvalue weighted by Crippen LogP contribution is 2.23. The molecule has 0 aliphatic rings. The first-order chi connectivity index (χ1) is 12.6. The predicted molar refractivity (Wildman–Crippen MR) is 101 cm³/mol. The highest BCUT2D eigenvalue weighted by molar-refractivity contribution is 6.04. The summed E-state index contributed by atoms with van der Waals surface area (Å²) in [4.78, 5) is 24.8. The molecule has 0 spiro atoms. The summed E-state index contributed by atoms with van der Waals surface area (Å²) in [6, 6.07) is 19.5. The second-order valence-corrected chi connectivity index (χ2v) is 6.63. The Hall–Kier alpha value is -2.66. The van der Waals surface area contributed by atoms with E-state index in [2.05, 4.69) is 17.4 Å². The van der Waals surface area contributed by atoms with Gasteiger partial charge in [-0.15, -0.1) is 0 Å². The average molecular weight is 354 g/mol. The van der Waals surface area contributed by atoms with Gasteiger partial charge in [-0.25, -0.2) is 5.48 Å². The molecule has 3 N–H and O–H groups in total. The third-order valence-electron chi connectivity index (χ3n) is 4.52. The van der Waals surface area contributed by atoms with Crippen molar-refractivity contribution in [1.29, 1.82) is 0 Å². The van der Waals surface area contributed by atoms with Gasteiger partial charge in [0.15, 0.2) is 0 Å². The van der Waals surface area contributed by atoms with Crippen LogP contribution in [0.2, 0.25) is 0 Å². The molecule has 138 valence electrons. The van der Waals surface area contributed by atoms with Crippen LogP contribution in [0.3, 0.4) is 0 Å². The summed E-state index contributed by atoms with van der Waals surface area (Å²) in [5.41, 5.74) is 2.39. The maximum atomic E-state index is 12.6. The van der Waals surface area contributed by atoms with Crippen molar-refractivity contribution in [2.75, 3.05) is 6.54 Å². The van der Waals surface area contributed by atoms with Crippen LogP contribution in [0.15, 0.2) is 60.7 Å². The van der Waals surface area contributed by atoms with Crippen molar-refractivity contribution in [3.8, 4) is 0 Å².